The Hall–Kier alpha value is -2.81. The van der Waals surface area contributed by atoms with Crippen molar-refractivity contribution < 1.29 is 14.6 Å². The molecule has 3 heteroatoms. The number of ether oxygens (including phenoxy) is 1. The number of hydrogen-bond acceptors (Lipinski definition) is 3. The highest BCUT2D eigenvalue weighted by molar-refractivity contribution is 5.94. The summed E-state index contributed by atoms with van der Waals surface area (Å²) in [6.07, 6.45) is 0. The van der Waals surface area contributed by atoms with Gasteiger partial charge in [-0.25, -0.2) is 0 Å². The Labute approximate surface area is 135 Å². The first-order valence-electron chi connectivity index (χ1n) is 7.58. The highest BCUT2D eigenvalue weighted by atomic mass is 16.5. The number of benzene rings is 3. The summed E-state index contributed by atoms with van der Waals surface area (Å²) in [5, 5.41) is 11.6. The molecule has 0 bridgehead atoms. The molecule has 1 unspecified atom stereocenters. The van der Waals surface area contributed by atoms with Gasteiger partial charge in [0.2, 0.25) is 0 Å². The molecule has 3 rings (SSSR count). The molecular formula is C20H18O3. The maximum absolute atomic E-state index is 12.4. The topological polar surface area (TPSA) is 46.5 Å². The van der Waals surface area contributed by atoms with E-state index >= 15 is 0 Å². The minimum atomic E-state index is -0.399. The average molecular weight is 306 g/mol. The molecule has 3 aromatic rings. The fourth-order valence-corrected chi connectivity index (χ4v) is 2.66. The number of carbonyl (C=O) groups is 1. The lowest BCUT2D eigenvalue weighted by Crippen LogP contribution is -2.13. The summed E-state index contributed by atoms with van der Waals surface area (Å²) < 4.78 is 5.42. The second-order valence-electron chi connectivity index (χ2n) is 5.53. The van der Waals surface area contributed by atoms with E-state index in [2.05, 4.69) is 0 Å². The fraction of sp³-hybridized carbons (Fsp3) is 0.150. The number of hydrogen-bond donors (Lipinski definition) is 1. The third-order valence-electron chi connectivity index (χ3n) is 3.98. The van der Waals surface area contributed by atoms with E-state index in [-0.39, 0.29) is 18.3 Å². The van der Waals surface area contributed by atoms with E-state index in [1.807, 2.05) is 61.5 Å². The molecule has 0 spiro atoms. The van der Waals surface area contributed by atoms with E-state index in [0.29, 0.717) is 0 Å². The lowest BCUT2D eigenvalue weighted by Gasteiger charge is -2.15. The van der Waals surface area contributed by atoms with Crippen molar-refractivity contribution in [1.29, 1.82) is 0 Å². The summed E-state index contributed by atoms with van der Waals surface area (Å²) in [4.78, 5) is 12.4. The second-order valence-corrected chi connectivity index (χ2v) is 5.53. The Morgan fingerprint density at radius 2 is 1.61 bits per heavy atom. The highest BCUT2D eigenvalue weighted by Gasteiger charge is 2.20. The predicted octanol–water partition coefficient (Wildman–Crippen LogP) is 4.39. The zero-order valence-electron chi connectivity index (χ0n) is 12.9. The van der Waals surface area contributed by atoms with Crippen molar-refractivity contribution >= 4 is 16.7 Å². The zero-order chi connectivity index (χ0) is 16.2. The molecule has 0 amide bonds. The standard InChI is InChI=1S/C20H18O3/c1-14(20(22)23-13-15-7-3-2-4-8-15)16-11-12-19(21)18-10-6-5-9-17(16)18/h2-12,14,21H,13H2,1H3. The van der Waals surface area contributed by atoms with Crippen molar-refractivity contribution in [2.75, 3.05) is 0 Å². The van der Waals surface area contributed by atoms with Gasteiger partial charge in [0.15, 0.2) is 0 Å². The molecule has 0 aromatic heterocycles. The lowest BCUT2D eigenvalue weighted by atomic mass is 9.94. The summed E-state index contributed by atoms with van der Waals surface area (Å²) in [5.41, 5.74) is 1.82. The van der Waals surface area contributed by atoms with E-state index < -0.39 is 5.92 Å². The van der Waals surface area contributed by atoms with Crippen molar-refractivity contribution in [2.24, 2.45) is 0 Å². The van der Waals surface area contributed by atoms with Crippen LogP contribution in [0.3, 0.4) is 0 Å². The van der Waals surface area contributed by atoms with Crippen LogP contribution in [0.25, 0.3) is 10.8 Å². The normalized spacial score (nSPS) is 12.0. The predicted molar refractivity (Wildman–Crippen MR) is 90.3 cm³/mol. The van der Waals surface area contributed by atoms with Crippen LogP contribution in [0.4, 0.5) is 0 Å². The Morgan fingerprint density at radius 1 is 0.957 bits per heavy atom. The van der Waals surface area contributed by atoms with Gasteiger partial charge in [-0.3, -0.25) is 4.79 Å². The first-order chi connectivity index (χ1) is 11.2. The highest BCUT2D eigenvalue weighted by Crippen LogP contribution is 2.32. The molecule has 1 atom stereocenters. The van der Waals surface area contributed by atoms with E-state index in [4.69, 9.17) is 4.74 Å². The number of fused-ring (bicyclic) bond motifs is 1. The van der Waals surface area contributed by atoms with E-state index in [0.717, 1.165) is 21.9 Å². The molecule has 0 fully saturated rings. The zero-order valence-corrected chi connectivity index (χ0v) is 12.9. The molecule has 3 aromatic carbocycles. The van der Waals surface area contributed by atoms with Crippen LogP contribution >= 0.6 is 0 Å². The number of rotatable bonds is 4. The third kappa shape index (κ3) is 3.19. The molecule has 23 heavy (non-hydrogen) atoms. The van der Waals surface area contributed by atoms with Gasteiger partial charge in [-0.05, 0) is 29.5 Å². The van der Waals surface area contributed by atoms with Gasteiger partial charge < -0.3 is 9.84 Å². The van der Waals surface area contributed by atoms with Crippen molar-refractivity contribution in [1.82, 2.24) is 0 Å². The van der Waals surface area contributed by atoms with Gasteiger partial charge >= 0.3 is 5.97 Å². The molecule has 116 valence electrons. The molecule has 0 radical (unpaired) electrons. The first kappa shape index (κ1) is 15.1. The van der Waals surface area contributed by atoms with Crippen LogP contribution in [-0.2, 0) is 16.1 Å². The fourth-order valence-electron chi connectivity index (χ4n) is 2.66. The smallest absolute Gasteiger partial charge is 0.313 e. The molecule has 0 saturated heterocycles. The van der Waals surface area contributed by atoms with Gasteiger partial charge in [0.1, 0.15) is 12.4 Å². The Kier molecular flexibility index (Phi) is 4.29. The number of aromatic hydroxyl groups is 1. The largest absolute Gasteiger partial charge is 0.507 e. The van der Waals surface area contributed by atoms with Gasteiger partial charge in [-0.1, -0.05) is 60.7 Å². The summed E-state index contributed by atoms with van der Waals surface area (Å²) in [6.45, 7) is 2.09. The van der Waals surface area contributed by atoms with Crippen LogP contribution in [0.15, 0.2) is 66.7 Å². The van der Waals surface area contributed by atoms with Crippen molar-refractivity contribution in [3.63, 3.8) is 0 Å². The van der Waals surface area contributed by atoms with Crippen molar-refractivity contribution in [2.45, 2.75) is 19.4 Å². The maximum atomic E-state index is 12.4. The molecule has 3 nitrogen and oxygen atoms in total. The quantitative estimate of drug-likeness (QED) is 0.727. The monoisotopic (exact) mass is 306 g/mol. The number of carbonyl (C=O) groups excluding carboxylic acids is 1. The van der Waals surface area contributed by atoms with Gasteiger partial charge in [0.05, 0.1) is 5.92 Å². The lowest BCUT2D eigenvalue weighted by molar-refractivity contribution is -0.146. The van der Waals surface area contributed by atoms with Gasteiger partial charge in [0.25, 0.3) is 0 Å². The van der Waals surface area contributed by atoms with Gasteiger partial charge in [0, 0.05) is 5.39 Å². The Morgan fingerprint density at radius 3 is 2.35 bits per heavy atom. The number of esters is 1. The maximum Gasteiger partial charge on any atom is 0.313 e. The summed E-state index contributed by atoms with van der Waals surface area (Å²) >= 11 is 0. The minimum absolute atomic E-state index is 0.217. The molecule has 1 N–H and O–H groups in total. The Bertz CT molecular complexity index is 825. The number of phenolic OH excluding ortho intramolecular Hbond substituents is 1. The van der Waals surface area contributed by atoms with Crippen LogP contribution in [0.1, 0.15) is 24.0 Å². The van der Waals surface area contributed by atoms with Crippen LogP contribution in [0.5, 0.6) is 5.75 Å². The minimum Gasteiger partial charge on any atom is -0.507 e. The van der Waals surface area contributed by atoms with E-state index in [1.54, 1.807) is 12.1 Å². The molecule has 0 saturated carbocycles. The van der Waals surface area contributed by atoms with Gasteiger partial charge in [-0.15, -0.1) is 0 Å². The van der Waals surface area contributed by atoms with Crippen molar-refractivity contribution in [3.8, 4) is 5.75 Å². The molecule has 0 heterocycles. The summed E-state index contributed by atoms with van der Waals surface area (Å²) in [5.74, 6) is -0.455. The average Bonchev–Trinajstić information content (AvgIpc) is 2.60. The summed E-state index contributed by atoms with van der Waals surface area (Å²) in [7, 11) is 0. The van der Waals surface area contributed by atoms with Gasteiger partial charge in [-0.2, -0.15) is 0 Å². The third-order valence-corrected chi connectivity index (χ3v) is 3.98. The summed E-state index contributed by atoms with van der Waals surface area (Å²) in [6, 6.07) is 20.5. The molecule has 0 aliphatic heterocycles. The first-order valence-corrected chi connectivity index (χ1v) is 7.58. The SMILES string of the molecule is CC(C(=O)OCc1ccccc1)c1ccc(O)c2ccccc12. The molecule has 0 aliphatic rings. The van der Waals surface area contributed by atoms with E-state index in [1.165, 1.54) is 0 Å². The second kappa shape index (κ2) is 6.53. The molecular weight excluding hydrogens is 288 g/mol. The van der Waals surface area contributed by atoms with Crippen LogP contribution in [0, 0.1) is 0 Å². The van der Waals surface area contributed by atoms with Crippen LogP contribution in [0.2, 0.25) is 0 Å². The van der Waals surface area contributed by atoms with Crippen LogP contribution < -0.4 is 0 Å². The molecule has 0 aliphatic carbocycles. The Balaban J connectivity index is 1.81. The number of phenols is 1. The van der Waals surface area contributed by atoms with E-state index in [9.17, 15) is 9.90 Å². The van der Waals surface area contributed by atoms with Crippen molar-refractivity contribution in [3.05, 3.63) is 77.9 Å². The van der Waals surface area contributed by atoms with Crippen LogP contribution in [-0.4, -0.2) is 11.1 Å².